The molecule has 32 heavy (non-hydrogen) atoms. The Morgan fingerprint density at radius 1 is 1.31 bits per heavy atom. The molecule has 1 aliphatic rings. The summed E-state index contributed by atoms with van der Waals surface area (Å²) in [7, 11) is 0. The van der Waals surface area contributed by atoms with Gasteiger partial charge in [-0.1, -0.05) is 0 Å². The van der Waals surface area contributed by atoms with Gasteiger partial charge in [-0.05, 0) is 56.4 Å². The number of thiazole rings is 1. The number of hydrogen-bond donors (Lipinski definition) is 1. The maximum Gasteiger partial charge on any atom is 0.338 e. The molecule has 0 radical (unpaired) electrons. The Labute approximate surface area is 193 Å². The Morgan fingerprint density at radius 2 is 2.03 bits per heavy atom. The van der Waals surface area contributed by atoms with Crippen molar-refractivity contribution in [2.24, 2.45) is 0 Å². The third kappa shape index (κ3) is 5.36. The number of fused-ring (bicyclic) bond motifs is 1. The summed E-state index contributed by atoms with van der Waals surface area (Å²) >= 11 is 2.93. The molecule has 1 atom stereocenters. The van der Waals surface area contributed by atoms with Crippen LogP contribution in [0.25, 0.3) is 0 Å². The number of anilines is 1. The first-order valence-electron chi connectivity index (χ1n) is 10.2. The molecule has 0 saturated heterocycles. The number of hydrogen-bond acceptors (Lipinski definition) is 8. The van der Waals surface area contributed by atoms with Gasteiger partial charge in [-0.15, -0.1) is 11.3 Å². The summed E-state index contributed by atoms with van der Waals surface area (Å²) in [6, 6.07) is 4.11. The summed E-state index contributed by atoms with van der Waals surface area (Å²) in [5.41, 5.74) is 4.22. The van der Waals surface area contributed by atoms with Gasteiger partial charge in [-0.25, -0.2) is 24.1 Å². The van der Waals surface area contributed by atoms with Gasteiger partial charge >= 0.3 is 5.97 Å². The Morgan fingerprint density at radius 3 is 2.66 bits per heavy atom. The molecule has 1 unspecified atom stereocenters. The van der Waals surface area contributed by atoms with E-state index in [1.807, 2.05) is 22.7 Å². The van der Waals surface area contributed by atoms with Crippen molar-refractivity contribution in [3.63, 3.8) is 0 Å². The Hall–Kier alpha value is -2.72. The van der Waals surface area contributed by atoms with Crippen LogP contribution in [-0.4, -0.2) is 38.7 Å². The molecule has 0 spiro atoms. The highest BCUT2D eigenvalue weighted by Crippen LogP contribution is 2.41. The van der Waals surface area contributed by atoms with E-state index in [0.29, 0.717) is 11.6 Å². The fourth-order valence-corrected chi connectivity index (χ4v) is 5.46. The fourth-order valence-electron chi connectivity index (χ4n) is 3.46. The molecule has 2 aromatic heterocycles. The lowest BCUT2D eigenvalue weighted by molar-refractivity contribution is 0.0695. The lowest BCUT2D eigenvalue weighted by Crippen LogP contribution is -2.23. The van der Waals surface area contributed by atoms with Gasteiger partial charge in [0.05, 0.1) is 17.8 Å². The van der Waals surface area contributed by atoms with Gasteiger partial charge in [0.2, 0.25) is 0 Å². The summed E-state index contributed by atoms with van der Waals surface area (Å²) in [4.78, 5) is 23.7. The van der Waals surface area contributed by atoms with Gasteiger partial charge in [-0.3, -0.25) is 0 Å². The average molecular weight is 475 g/mol. The zero-order valence-electron chi connectivity index (χ0n) is 17.7. The van der Waals surface area contributed by atoms with E-state index < -0.39 is 12.1 Å². The molecule has 168 valence electrons. The van der Waals surface area contributed by atoms with Crippen LogP contribution in [0.1, 0.15) is 46.3 Å². The minimum atomic E-state index is -1.08. The first-order chi connectivity index (χ1) is 15.4. The molecule has 0 bridgehead atoms. The molecule has 1 aliphatic carbocycles. The number of rotatable bonds is 9. The van der Waals surface area contributed by atoms with E-state index in [1.165, 1.54) is 53.7 Å². The lowest BCUT2D eigenvalue weighted by atomic mass is 10.1. The molecule has 4 rings (SSSR count). The van der Waals surface area contributed by atoms with Crippen LogP contribution in [0.3, 0.4) is 0 Å². The van der Waals surface area contributed by atoms with Crippen molar-refractivity contribution >= 4 is 34.9 Å². The number of carbonyl (C=O) groups is 1. The van der Waals surface area contributed by atoms with Crippen molar-refractivity contribution < 1.29 is 19.0 Å². The number of halogens is 1. The first kappa shape index (κ1) is 22.5. The maximum absolute atomic E-state index is 14.1. The monoisotopic (exact) mass is 474 g/mol. The van der Waals surface area contributed by atoms with E-state index >= 15 is 0 Å². The van der Waals surface area contributed by atoms with E-state index in [0.717, 1.165) is 35.0 Å². The van der Waals surface area contributed by atoms with Crippen LogP contribution >= 0.6 is 23.3 Å². The van der Waals surface area contributed by atoms with Gasteiger partial charge in [0, 0.05) is 35.4 Å². The molecule has 0 amide bonds. The van der Waals surface area contributed by atoms with Crippen LogP contribution in [0.2, 0.25) is 0 Å². The zero-order chi connectivity index (χ0) is 22.7. The Bertz CT molecular complexity index is 1110. The third-order valence-corrected chi connectivity index (χ3v) is 7.03. The van der Waals surface area contributed by atoms with Crippen molar-refractivity contribution in [2.45, 2.75) is 50.2 Å². The number of aromatic carboxylic acids is 1. The van der Waals surface area contributed by atoms with Crippen LogP contribution in [0, 0.1) is 6.92 Å². The molecule has 1 aromatic carbocycles. The largest absolute Gasteiger partial charge is 0.483 e. The first-order valence-corrected chi connectivity index (χ1v) is 11.9. The Kier molecular flexibility index (Phi) is 6.90. The van der Waals surface area contributed by atoms with E-state index in [1.54, 1.807) is 0 Å². The molecule has 0 fully saturated rings. The normalized spacial score (nSPS) is 13.6. The summed E-state index contributed by atoms with van der Waals surface area (Å²) in [6.45, 7) is 3.72. The van der Waals surface area contributed by atoms with Crippen molar-refractivity contribution in [1.82, 2.24) is 15.0 Å². The van der Waals surface area contributed by atoms with E-state index in [9.17, 15) is 9.18 Å². The van der Waals surface area contributed by atoms with Crippen molar-refractivity contribution in [2.75, 3.05) is 10.8 Å². The average Bonchev–Trinajstić information content (AvgIpc) is 3.39. The summed E-state index contributed by atoms with van der Waals surface area (Å²) in [5.74, 6) is -0.0862. The minimum Gasteiger partial charge on any atom is -0.483 e. The highest BCUT2D eigenvalue weighted by molar-refractivity contribution is 8.02. The highest BCUT2D eigenvalue weighted by Gasteiger charge is 2.23. The number of aromatic nitrogens is 3. The van der Waals surface area contributed by atoms with Crippen LogP contribution in [0.4, 0.5) is 10.1 Å². The van der Waals surface area contributed by atoms with Crippen LogP contribution in [0.15, 0.2) is 34.2 Å². The molecule has 7 nitrogen and oxygen atoms in total. The molecule has 3 aromatic rings. The summed E-state index contributed by atoms with van der Waals surface area (Å²) in [5, 5.41) is 11.0. The smallest absolute Gasteiger partial charge is 0.338 e. The van der Waals surface area contributed by atoms with Crippen LogP contribution in [-0.2, 0) is 19.4 Å². The van der Waals surface area contributed by atoms with Gasteiger partial charge in [-0.2, -0.15) is 0 Å². The molecule has 0 saturated carbocycles. The molecule has 10 heteroatoms. The van der Waals surface area contributed by atoms with Crippen LogP contribution < -0.4 is 9.04 Å². The van der Waals surface area contributed by atoms with Gasteiger partial charge < -0.3 is 14.1 Å². The molecule has 0 aliphatic heterocycles. The molecule has 1 N–H and O–H groups in total. The quantitative estimate of drug-likeness (QED) is 0.439. The standard InChI is InChI=1S/C22H23FN4O3S2/c1-13(23)10-27(32-22-26-14(2)12-31-22)18-6-15-4-3-5-16(15)7-19(18)30-11-20-24-8-17(9-25-20)21(28)29/h6-9,12-13H,3-5,10-11H2,1-2H3,(H,28,29). The van der Waals surface area contributed by atoms with Crippen molar-refractivity contribution in [3.8, 4) is 5.75 Å². The SMILES string of the molecule is Cc1csc(SN(CC(C)F)c2cc3c(cc2OCc2ncc(C(=O)O)cn2)CCC3)n1. The van der Waals surface area contributed by atoms with Crippen molar-refractivity contribution in [1.29, 1.82) is 0 Å². The molecular formula is C22H23FN4O3S2. The Balaban J connectivity index is 1.62. The highest BCUT2D eigenvalue weighted by atomic mass is 32.2. The zero-order valence-corrected chi connectivity index (χ0v) is 19.4. The van der Waals surface area contributed by atoms with Gasteiger partial charge in [0.1, 0.15) is 18.5 Å². The van der Waals surface area contributed by atoms with E-state index in [4.69, 9.17) is 9.84 Å². The van der Waals surface area contributed by atoms with Gasteiger partial charge in [0.25, 0.3) is 0 Å². The fraction of sp³-hybridized carbons (Fsp3) is 0.364. The predicted octanol–water partition coefficient (Wildman–Crippen LogP) is 4.88. The molecular weight excluding hydrogens is 451 g/mol. The second-order valence-electron chi connectivity index (χ2n) is 7.61. The number of carboxylic acid groups (broad SMARTS) is 1. The summed E-state index contributed by atoms with van der Waals surface area (Å²) < 4.78 is 22.9. The number of carboxylic acids is 1. The van der Waals surface area contributed by atoms with E-state index in [2.05, 4.69) is 21.0 Å². The number of benzene rings is 1. The van der Waals surface area contributed by atoms with Gasteiger partial charge in [0.15, 0.2) is 10.2 Å². The number of alkyl halides is 1. The van der Waals surface area contributed by atoms with E-state index in [-0.39, 0.29) is 18.7 Å². The van der Waals surface area contributed by atoms with Crippen LogP contribution in [0.5, 0.6) is 5.75 Å². The lowest BCUT2D eigenvalue weighted by Gasteiger charge is -2.26. The number of nitrogens with zero attached hydrogens (tertiary/aromatic N) is 4. The van der Waals surface area contributed by atoms with Crippen molar-refractivity contribution in [3.05, 3.63) is 58.1 Å². The second kappa shape index (κ2) is 9.83. The predicted molar refractivity (Wildman–Crippen MR) is 122 cm³/mol. The minimum absolute atomic E-state index is 0.0187. The number of ether oxygens (including phenoxy) is 1. The third-order valence-electron chi connectivity index (χ3n) is 4.95. The second-order valence-corrected chi connectivity index (χ2v) is 9.74. The molecule has 2 heterocycles. The maximum atomic E-state index is 14.1. The number of aryl methyl sites for hydroxylation is 3. The summed E-state index contributed by atoms with van der Waals surface area (Å²) in [6.07, 6.45) is 4.52. The topological polar surface area (TPSA) is 88.4 Å².